The molecule has 0 aromatic rings. The van der Waals surface area contributed by atoms with Gasteiger partial charge < -0.3 is 9.84 Å². The number of ether oxygens (including phenoxy) is 1. The van der Waals surface area contributed by atoms with Crippen molar-refractivity contribution in [2.75, 3.05) is 6.61 Å². The Kier molecular flexibility index (Phi) is 10.1. The first-order chi connectivity index (χ1) is 7.72. The second-order valence-electron chi connectivity index (χ2n) is 3.92. The fourth-order valence-electron chi connectivity index (χ4n) is 1.35. The van der Waals surface area contributed by atoms with Crippen molar-refractivity contribution in [3.8, 4) is 0 Å². The number of rotatable bonds is 10. The summed E-state index contributed by atoms with van der Waals surface area (Å²) in [6.07, 6.45) is 9.24. The molecule has 3 nitrogen and oxygen atoms in total. The highest BCUT2D eigenvalue weighted by Crippen LogP contribution is 2.05. The van der Waals surface area contributed by atoms with E-state index in [9.17, 15) is 4.79 Å². The van der Waals surface area contributed by atoms with Crippen LogP contribution in [0.4, 0.5) is 0 Å². The molecule has 0 heterocycles. The molecule has 0 aromatic heterocycles. The van der Waals surface area contributed by atoms with Crippen molar-refractivity contribution in [1.29, 1.82) is 0 Å². The molecule has 0 aliphatic heterocycles. The molecule has 0 fully saturated rings. The van der Waals surface area contributed by atoms with E-state index in [0.717, 1.165) is 19.3 Å². The van der Waals surface area contributed by atoms with E-state index in [0.29, 0.717) is 13.0 Å². The van der Waals surface area contributed by atoms with Gasteiger partial charge in [0.1, 0.15) is 0 Å². The predicted octanol–water partition coefficient (Wildman–Crippen LogP) is 3.39. The van der Waals surface area contributed by atoms with E-state index in [1.54, 1.807) is 0 Å². The lowest BCUT2D eigenvalue weighted by atomic mass is 10.1. The van der Waals surface area contributed by atoms with Gasteiger partial charge in [-0.3, -0.25) is 0 Å². The molecule has 0 aliphatic rings. The normalized spacial score (nSPS) is 13.1. The van der Waals surface area contributed by atoms with Crippen LogP contribution in [0.2, 0.25) is 0 Å². The first-order valence-electron chi connectivity index (χ1n) is 6.21. The summed E-state index contributed by atoms with van der Waals surface area (Å²) in [7, 11) is 0. The molecule has 94 valence electrons. The van der Waals surface area contributed by atoms with E-state index in [2.05, 4.69) is 13.0 Å². The van der Waals surface area contributed by atoms with Crippen LogP contribution in [0.5, 0.6) is 0 Å². The van der Waals surface area contributed by atoms with Crippen LogP contribution in [0.15, 0.2) is 12.2 Å². The van der Waals surface area contributed by atoms with Crippen molar-refractivity contribution >= 4 is 5.97 Å². The summed E-state index contributed by atoms with van der Waals surface area (Å²) in [5, 5.41) is 8.89. The van der Waals surface area contributed by atoms with Crippen LogP contribution >= 0.6 is 0 Å². The lowest BCUT2D eigenvalue weighted by Gasteiger charge is -2.11. The Bertz CT molecular complexity index is 199. The molecule has 1 N–H and O–H groups in total. The smallest absolute Gasteiger partial charge is 0.332 e. The minimum Gasteiger partial charge on any atom is -0.479 e. The second kappa shape index (κ2) is 10.7. The predicted molar refractivity (Wildman–Crippen MR) is 65.6 cm³/mol. The van der Waals surface area contributed by atoms with Gasteiger partial charge in [-0.05, 0) is 12.8 Å². The van der Waals surface area contributed by atoms with Gasteiger partial charge >= 0.3 is 5.97 Å². The molecule has 0 aliphatic carbocycles. The SMILES string of the molecule is CCCC/C=C/COC(CCCC)C(=O)O. The number of hydrogen-bond acceptors (Lipinski definition) is 2. The lowest BCUT2D eigenvalue weighted by molar-refractivity contribution is -0.150. The first-order valence-corrected chi connectivity index (χ1v) is 6.21. The third-order valence-electron chi connectivity index (χ3n) is 2.38. The van der Waals surface area contributed by atoms with Gasteiger partial charge in [-0.15, -0.1) is 0 Å². The van der Waals surface area contributed by atoms with Gasteiger partial charge in [0.25, 0.3) is 0 Å². The summed E-state index contributed by atoms with van der Waals surface area (Å²) in [4.78, 5) is 10.8. The summed E-state index contributed by atoms with van der Waals surface area (Å²) >= 11 is 0. The third-order valence-corrected chi connectivity index (χ3v) is 2.38. The standard InChI is InChI=1S/C13H24O3/c1-3-5-7-8-9-11-16-12(13(14)15)10-6-4-2/h8-9,12H,3-7,10-11H2,1-2H3,(H,14,15)/b9-8+. The molecule has 0 spiro atoms. The van der Waals surface area contributed by atoms with E-state index < -0.39 is 12.1 Å². The molecule has 3 heteroatoms. The Morgan fingerprint density at radius 2 is 1.94 bits per heavy atom. The topological polar surface area (TPSA) is 46.5 Å². The van der Waals surface area contributed by atoms with Gasteiger partial charge in [0.05, 0.1) is 6.61 Å². The van der Waals surface area contributed by atoms with E-state index in [-0.39, 0.29) is 0 Å². The number of carbonyl (C=O) groups is 1. The molecule has 0 aromatic carbocycles. The zero-order chi connectivity index (χ0) is 12.2. The molecule has 0 rings (SSSR count). The summed E-state index contributed by atoms with van der Waals surface area (Å²) in [6, 6.07) is 0. The summed E-state index contributed by atoms with van der Waals surface area (Å²) in [5.41, 5.74) is 0. The minimum absolute atomic E-state index is 0.407. The average molecular weight is 228 g/mol. The van der Waals surface area contributed by atoms with Crippen molar-refractivity contribution < 1.29 is 14.6 Å². The molecule has 0 bridgehead atoms. The monoisotopic (exact) mass is 228 g/mol. The fraction of sp³-hybridized carbons (Fsp3) is 0.769. The van der Waals surface area contributed by atoms with Gasteiger partial charge in [-0.1, -0.05) is 51.7 Å². The van der Waals surface area contributed by atoms with E-state index >= 15 is 0 Å². The van der Waals surface area contributed by atoms with Crippen LogP contribution in [0.3, 0.4) is 0 Å². The van der Waals surface area contributed by atoms with Crippen molar-refractivity contribution in [2.45, 2.75) is 58.5 Å². The van der Waals surface area contributed by atoms with Crippen molar-refractivity contribution in [2.24, 2.45) is 0 Å². The van der Waals surface area contributed by atoms with Gasteiger partial charge in [0.2, 0.25) is 0 Å². The molecule has 16 heavy (non-hydrogen) atoms. The Morgan fingerprint density at radius 3 is 2.50 bits per heavy atom. The van der Waals surface area contributed by atoms with Crippen LogP contribution in [0, 0.1) is 0 Å². The molecule has 1 unspecified atom stereocenters. The Balaban J connectivity index is 3.67. The number of carboxylic acids is 1. The maximum Gasteiger partial charge on any atom is 0.332 e. The van der Waals surface area contributed by atoms with Crippen LogP contribution in [0.25, 0.3) is 0 Å². The van der Waals surface area contributed by atoms with Crippen molar-refractivity contribution in [1.82, 2.24) is 0 Å². The zero-order valence-electron chi connectivity index (χ0n) is 10.4. The molecule has 0 radical (unpaired) electrons. The molecule has 0 amide bonds. The molecular weight excluding hydrogens is 204 g/mol. The van der Waals surface area contributed by atoms with Crippen molar-refractivity contribution in [3.63, 3.8) is 0 Å². The fourth-order valence-corrected chi connectivity index (χ4v) is 1.35. The highest BCUT2D eigenvalue weighted by molar-refractivity contribution is 5.72. The van der Waals surface area contributed by atoms with Crippen LogP contribution in [-0.2, 0) is 9.53 Å². The zero-order valence-corrected chi connectivity index (χ0v) is 10.4. The molecular formula is C13H24O3. The van der Waals surface area contributed by atoms with Crippen LogP contribution in [-0.4, -0.2) is 23.8 Å². The van der Waals surface area contributed by atoms with Gasteiger partial charge in [0, 0.05) is 0 Å². The summed E-state index contributed by atoms with van der Waals surface area (Å²) in [5.74, 6) is -0.851. The Hall–Kier alpha value is -0.830. The van der Waals surface area contributed by atoms with Gasteiger partial charge in [-0.25, -0.2) is 4.79 Å². The second-order valence-corrected chi connectivity index (χ2v) is 3.92. The van der Waals surface area contributed by atoms with Crippen LogP contribution in [0.1, 0.15) is 52.4 Å². The highest BCUT2D eigenvalue weighted by Gasteiger charge is 2.15. The van der Waals surface area contributed by atoms with Crippen LogP contribution < -0.4 is 0 Å². The largest absolute Gasteiger partial charge is 0.479 e. The summed E-state index contributed by atoms with van der Waals surface area (Å²) < 4.78 is 5.30. The lowest BCUT2D eigenvalue weighted by Crippen LogP contribution is -2.23. The van der Waals surface area contributed by atoms with Gasteiger partial charge in [0.15, 0.2) is 6.10 Å². The Morgan fingerprint density at radius 1 is 1.25 bits per heavy atom. The third kappa shape index (κ3) is 8.48. The number of hydrogen-bond donors (Lipinski definition) is 1. The number of unbranched alkanes of at least 4 members (excludes halogenated alkanes) is 3. The molecule has 1 atom stereocenters. The summed E-state index contributed by atoms with van der Waals surface area (Å²) in [6.45, 7) is 4.60. The average Bonchev–Trinajstić information content (AvgIpc) is 2.26. The first kappa shape index (κ1) is 15.2. The number of aliphatic carboxylic acids is 1. The minimum atomic E-state index is -0.851. The molecule has 0 saturated heterocycles. The Labute approximate surface area is 98.5 Å². The van der Waals surface area contributed by atoms with E-state index in [4.69, 9.17) is 9.84 Å². The quantitative estimate of drug-likeness (QED) is 0.460. The van der Waals surface area contributed by atoms with Crippen molar-refractivity contribution in [3.05, 3.63) is 12.2 Å². The number of allylic oxidation sites excluding steroid dienone is 1. The van der Waals surface area contributed by atoms with E-state index in [1.807, 2.05) is 13.0 Å². The number of carboxylic acid groups (broad SMARTS) is 1. The molecule has 0 saturated carbocycles. The maximum absolute atomic E-state index is 10.8. The van der Waals surface area contributed by atoms with Gasteiger partial charge in [-0.2, -0.15) is 0 Å². The maximum atomic E-state index is 10.8. The van der Waals surface area contributed by atoms with E-state index in [1.165, 1.54) is 12.8 Å². The highest BCUT2D eigenvalue weighted by atomic mass is 16.5.